The number of hydrogen-bond donors (Lipinski definition) is 0. The number of piperidine rings is 1. The van der Waals surface area contributed by atoms with Gasteiger partial charge in [-0.1, -0.05) is 25.5 Å². The van der Waals surface area contributed by atoms with E-state index in [2.05, 4.69) is 47.7 Å². The number of hydrogen-bond acceptors (Lipinski definition) is 2. The fourth-order valence-electron chi connectivity index (χ4n) is 3.30. The van der Waals surface area contributed by atoms with Crippen molar-refractivity contribution in [2.75, 3.05) is 13.1 Å². The largest absolute Gasteiger partial charge is 0.330 e. The second-order valence-electron chi connectivity index (χ2n) is 5.57. The lowest BCUT2D eigenvalue weighted by Gasteiger charge is -2.35. The molecule has 1 saturated heterocycles. The number of benzene rings is 1. The van der Waals surface area contributed by atoms with Gasteiger partial charge in [0.25, 0.3) is 0 Å². The molecule has 1 aliphatic heterocycles. The number of nitrogens with zero attached hydrogens (tertiary/aromatic N) is 3. The van der Waals surface area contributed by atoms with Crippen molar-refractivity contribution >= 4 is 11.0 Å². The van der Waals surface area contributed by atoms with Crippen molar-refractivity contribution in [3.05, 3.63) is 30.1 Å². The van der Waals surface area contributed by atoms with E-state index >= 15 is 0 Å². The number of fused-ring (bicyclic) bond motifs is 1. The second-order valence-corrected chi connectivity index (χ2v) is 5.57. The summed E-state index contributed by atoms with van der Waals surface area (Å²) < 4.78 is 2.29. The van der Waals surface area contributed by atoms with Gasteiger partial charge in [-0.05, 0) is 44.5 Å². The molecule has 2 aromatic rings. The Morgan fingerprint density at radius 1 is 1.26 bits per heavy atom. The van der Waals surface area contributed by atoms with Crippen molar-refractivity contribution < 1.29 is 0 Å². The van der Waals surface area contributed by atoms with Gasteiger partial charge >= 0.3 is 0 Å². The van der Waals surface area contributed by atoms with Gasteiger partial charge in [-0.3, -0.25) is 4.90 Å². The molecule has 3 heteroatoms. The van der Waals surface area contributed by atoms with Crippen molar-refractivity contribution in [1.29, 1.82) is 0 Å². The molecule has 0 N–H and O–H groups in total. The second kappa shape index (κ2) is 5.33. The van der Waals surface area contributed by atoms with E-state index < -0.39 is 0 Å². The number of aryl methyl sites for hydroxylation is 1. The predicted molar refractivity (Wildman–Crippen MR) is 79.2 cm³/mol. The summed E-state index contributed by atoms with van der Waals surface area (Å²) in [6.07, 6.45) is 5.13. The van der Waals surface area contributed by atoms with E-state index in [1.54, 1.807) is 0 Å². The van der Waals surface area contributed by atoms with E-state index in [0.717, 1.165) is 5.52 Å². The molecule has 0 saturated carbocycles. The van der Waals surface area contributed by atoms with Crippen LogP contribution in [0.5, 0.6) is 0 Å². The highest BCUT2D eigenvalue weighted by atomic mass is 15.2. The Hall–Kier alpha value is -1.35. The maximum absolute atomic E-state index is 4.89. The van der Waals surface area contributed by atoms with Gasteiger partial charge in [0.15, 0.2) is 0 Å². The predicted octanol–water partition coefficient (Wildman–Crippen LogP) is 3.51. The molecule has 2 heterocycles. The van der Waals surface area contributed by atoms with Crippen LogP contribution in [0.1, 0.15) is 44.5 Å². The summed E-state index contributed by atoms with van der Waals surface area (Å²) in [7, 11) is 2.16. The van der Waals surface area contributed by atoms with Crippen LogP contribution < -0.4 is 0 Å². The monoisotopic (exact) mass is 257 g/mol. The first-order chi connectivity index (χ1) is 9.31. The third kappa shape index (κ3) is 2.27. The van der Waals surface area contributed by atoms with Gasteiger partial charge in [0.2, 0.25) is 0 Å². The van der Waals surface area contributed by atoms with Gasteiger partial charge in [-0.25, -0.2) is 4.98 Å². The topological polar surface area (TPSA) is 21.1 Å². The molecule has 1 fully saturated rings. The normalized spacial score (nSPS) is 21.1. The Balaban J connectivity index is 1.99. The Bertz CT molecular complexity index is 556. The first-order valence-corrected chi connectivity index (χ1v) is 7.46. The first kappa shape index (κ1) is 12.7. The highest BCUT2D eigenvalue weighted by molar-refractivity contribution is 5.75. The average molecular weight is 257 g/mol. The van der Waals surface area contributed by atoms with Gasteiger partial charge in [0.1, 0.15) is 5.82 Å². The van der Waals surface area contributed by atoms with Gasteiger partial charge in [-0.2, -0.15) is 0 Å². The molecular weight excluding hydrogens is 234 g/mol. The van der Waals surface area contributed by atoms with E-state index in [-0.39, 0.29) is 0 Å². The van der Waals surface area contributed by atoms with Crippen LogP contribution in [0.25, 0.3) is 11.0 Å². The van der Waals surface area contributed by atoms with Crippen LogP contribution in [0, 0.1) is 0 Å². The fraction of sp³-hybridized carbons (Fsp3) is 0.562. The molecule has 3 nitrogen and oxygen atoms in total. The maximum Gasteiger partial charge on any atom is 0.127 e. The fourth-order valence-corrected chi connectivity index (χ4v) is 3.30. The number of aromatic nitrogens is 2. The Labute approximate surface area is 115 Å². The Kier molecular flexibility index (Phi) is 3.56. The molecule has 0 bridgehead atoms. The summed E-state index contributed by atoms with van der Waals surface area (Å²) >= 11 is 0. The molecule has 1 atom stereocenters. The van der Waals surface area contributed by atoms with Crippen molar-refractivity contribution in [2.24, 2.45) is 7.05 Å². The quantitative estimate of drug-likeness (QED) is 0.839. The molecule has 0 spiro atoms. The smallest absolute Gasteiger partial charge is 0.127 e. The summed E-state index contributed by atoms with van der Waals surface area (Å²) in [5, 5.41) is 0. The zero-order valence-corrected chi connectivity index (χ0v) is 12.0. The van der Waals surface area contributed by atoms with Crippen molar-refractivity contribution in [2.45, 2.75) is 38.6 Å². The molecule has 0 amide bonds. The van der Waals surface area contributed by atoms with Crippen LogP contribution in [0.4, 0.5) is 0 Å². The Morgan fingerprint density at radius 2 is 2.11 bits per heavy atom. The number of imidazole rings is 1. The minimum Gasteiger partial charge on any atom is -0.330 e. The van der Waals surface area contributed by atoms with Gasteiger partial charge in [-0.15, -0.1) is 0 Å². The van der Waals surface area contributed by atoms with Crippen molar-refractivity contribution in [1.82, 2.24) is 14.5 Å². The molecule has 0 radical (unpaired) electrons. The lowest BCUT2D eigenvalue weighted by molar-refractivity contribution is 0.140. The third-order valence-corrected chi connectivity index (χ3v) is 4.24. The van der Waals surface area contributed by atoms with Crippen LogP contribution >= 0.6 is 0 Å². The highest BCUT2D eigenvalue weighted by Crippen LogP contribution is 2.31. The number of likely N-dealkylation sites (tertiary alicyclic amines) is 1. The van der Waals surface area contributed by atoms with Crippen LogP contribution in [0.15, 0.2) is 24.3 Å². The van der Waals surface area contributed by atoms with Gasteiger partial charge < -0.3 is 4.57 Å². The summed E-state index contributed by atoms with van der Waals surface area (Å²) in [6.45, 7) is 4.68. The van der Waals surface area contributed by atoms with Crippen molar-refractivity contribution in [3.8, 4) is 0 Å². The summed E-state index contributed by atoms with van der Waals surface area (Å²) in [5.41, 5.74) is 2.38. The molecule has 19 heavy (non-hydrogen) atoms. The molecule has 0 unspecified atom stereocenters. The molecular formula is C16H23N3. The summed E-state index contributed by atoms with van der Waals surface area (Å²) in [5.74, 6) is 1.24. The van der Waals surface area contributed by atoms with Crippen LogP contribution in [-0.4, -0.2) is 27.5 Å². The van der Waals surface area contributed by atoms with Gasteiger partial charge in [0, 0.05) is 7.05 Å². The van der Waals surface area contributed by atoms with E-state index in [9.17, 15) is 0 Å². The number of rotatable bonds is 3. The molecule has 1 aromatic carbocycles. The first-order valence-electron chi connectivity index (χ1n) is 7.46. The maximum atomic E-state index is 4.89. The molecule has 0 aliphatic carbocycles. The minimum atomic E-state index is 0.506. The SMILES string of the molecule is CCCN1CCCC[C@H]1c1nc2ccccc2n1C. The molecule has 1 aliphatic rings. The minimum absolute atomic E-state index is 0.506. The van der Waals surface area contributed by atoms with E-state index in [4.69, 9.17) is 4.98 Å². The molecule has 102 valence electrons. The van der Waals surface area contributed by atoms with Crippen LogP contribution in [-0.2, 0) is 7.05 Å². The van der Waals surface area contributed by atoms with Crippen LogP contribution in [0.3, 0.4) is 0 Å². The standard InChI is InChI=1S/C16H23N3/c1-3-11-19-12-7-6-10-15(19)16-17-13-8-4-5-9-14(13)18(16)2/h4-5,8-9,15H,3,6-7,10-12H2,1-2H3/t15-/m0/s1. The molecule has 1 aromatic heterocycles. The average Bonchev–Trinajstić information content (AvgIpc) is 2.78. The zero-order valence-electron chi connectivity index (χ0n) is 12.0. The van der Waals surface area contributed by atoms with Crippen LogP contribution in [0.2, 0.25) is 0 Å². The third-order valence-electron chi connectivity index (χ3n) is 4.24. The molecule has 3 rings (SSSR count). The summed E-state index contributed by atoms with van der Waals surface area (Å²) in [4.78, 5) is 7.51. The van der Waals surface area contributed by atoms with Gasteiger partial charge in [0.05, 0.1) is 17.1 Å². The van der Waals surface area contributed by atoms with E-state index in [0.29, 0.717) is 6.04 Å². The lowest BCUT2D eigenvalue weighted by Crippen LogP contribution is -2.35. The summed E-state index contributed by atoms with van der Waals surface area (Å²) in [6, 6.07) is 8.96. The highest BCUT2D eigenvalue weighted by Gasteiger charge is 2.27. The van der Waals surface area contributed by atoms with E-state index in [1.165, 1.54) is 50.1 Å². The van der Waals surface area contributed by atoms with Crippen molar-refractivity contribution in [3.63, 3.8) is 0 Å². The lowest BCUT2D eigenvalue weighted by atomic mass is 10.0. The van der Waals surface area contributed by atoms with E-state index in [1.807, 2.05) is 0 Å². The Morgan fingerprint density at radius 3 is 2.89 bits per heavy atom. The number of para-hydroxylation sites is 2. The zero-order chi connectivity index (χ0) is 13.2.